The van der Waals surface area contributed by atoms with E-state index in [1.54, 1.807) is 6.07 Å². The predicted octanol–water partition coefficient (Wildman–Crippen LogP) is 4.15. The van der Waals surface area contributed by atoms with E-state index in [0.29, 0.717) is 29.9 Å². The third-order valence-electron chi connectivity index (χ3n) is 7.31. The number of piperidine rings is 1. The Morgan fingerprint density at radius 3 is 2.22 bits per heavy atom. The third-order valence-corrected chi connectivity index (χ3v) is 7.31. The van der Waals surface area contributed by atoms with Gasteiger partial charge in [-0.15, -0.1) is 0 Å². The van der Waals surface area contributed by atoms with Gasteiger partial charge in [0.25, 0.3) is 11.8 Å². The quantitative estimate of drug-likeness (QED) is 0.681. The number of nitrogens with one attached hydrogen (secondary N) is 1. The Balaban J connectivity index is 1.38. The molecule has 2 saturated heterocycles. The average Bonchev–Trinajstić information content (AvgIpc) is 3.76. The van der Waals surface area contributed by atoms with Crippen LogP contribution in [0.5, 0.6) is 0 Å². The minimum Gasteiger partial charge on any atom is -0.369 e. The molecule has 0 aromatic heterocycles. The normalized spacial score (nSPS) is 18.5. The maximum atomic E-state index is 13.6. The highest BCUT2D eigenvalue weighted by Crippen LogP contribution is 2.32. The Morgan fingerprint density at radius 1 is 0.778 bits per heavy atom. The SMILES string of the molecule is O=C(Nc1ccc(N2CCCN(C(=O)C3CC3)CC2)c(C(=O)N2CCCCC2)c1)c1ccc(F)cc1. The maximum absolute atomic E-state index is 13.6. The molecule has 2 heterocycles. The fourth-order valence-electron chi connectivity index (χ4n) is 5.10. The lowest BCUT2D eigenvalue weighted by Crippen LogP contribution is -2.38. The summed E-state index contributed by atoms with van der Waals surface area (Å²) in [4.78, 5) is 45.0. The molecule has 8 heteroatoms. The zero-order valence-electron chi connectivity index (χ0n) is 20.5. The van der Waals surface area contributed by atoms with Crippen LogP contribution in [0.4, 0.5) is 15.8 Å². The van der Waals surface area contributed by atoms with E-state index in [4.69, 9.17) is 0 Å². The topological polar surface area (TPSA) is 73.0 Å². The Bertz CT molecular complexity index is 1130. The molecule has 0 bridgehead atoms. The molecule has 2 aliphatic heterocycles. The van der Waals surface area contributed by atoms with Gasteiger partial charge in [-0.2, -0.15) is 0 Å². The lowest BCUT2D eigenvalue weighted by Gasteiger charge is -2.30. The lowest BCUT2D eigenvalue weighted by molar-refractivity contribution is -0.132. The van der Waals surface area contributed by atoms with Gasteiger partial charge in [-0.25, -0.2) is 4.39 Å². The van der Waals surface area contributed by atoms with Gasteiger partial charge in [0.05, 0.1) is 5.56 Å². The van der Waals surface area contributed by atoms with Crippen LogP contribution in [-0.2, 0) is 4.79 Å². The summed E-state index contributed by atoms with van der Waals surface area (Å²) in [5.41, 5.74) is 2.27. The van der Waals surface area contributed by atoms with Crippen molar-refractivity contribution in [3.8, 4) is 0 Å². The van der Waals surface area contributed by atoms with Crippen molar-refractivity contribution in [1.82, 2.24) is 9.80 Å². The van der Waals surface area contributed by atoms with Gasteiger partial charge in [0.1, 0.15) is 5.82 Å². The number of rotatable bonds is 5. The summed E-state index contributed by atoms with van der Waals surface area (Å²) in [5.74, 6) is -0.321. The van der Waals surface area contributed by atoms with E-state index in [1.807, 2.05) is 21.9 Å². The van der Waals surface area contributed by atoms with Crippen molar-refractivity contribution in [3.63, 3.8) is 0 Å². The van der Waals surface area contributed by atoms with Gasteiger partial charge in [-0.1, -0.05) is 0 Å². The van der Waals surface area contributed by atoms with Crippen LogP contribution in [-0.4, -0.2) is 66.8 Å². The molecule has 2 aromatic carbocycles. The number of carbonyl (C=O) groups excluding carboxylic acids is 3. The summed E-state index contributed by atoms with van der Waals surface area (Å²) in [7, 11) is 0. The van der Waals surface area contributed by atoms with Crippen LogP contribution >= 0.6 is 0 Å². The largest absolute Gasteiger partial charge is 0.369 e. The number of carbonyl (C=O) groups is 3. The first-order valence-corrected chi connectivity index (χ1v) is 13.0. The van der Waals surface area contributed by atoms with Gasteiger partial charge >= 0.3 is 0 Å². The van der Waals surface area contributed by atoms with Crippen molar-refractivity contribution < 1.29 is 18.8 Å². The first kappa shape index (κ1) is 24.3. The van der Waals surface area contributed by atoms with Crippen molar-refractivity contribution >= 4 is 29.1 Å². The number of hydrogen-bond donors (Lipinski definition) is 1. The number of halogens is 1. The molecule has 2 aromatic rings. The first-order valence-electron chi connectivity index (χ1n) is 13.0. The molecule has 0 spiro atoms. The summed E-state index contributed by atoms with van der Waals surface area (Å²) in [6.45, 7) is 4.28. The van der Waals surface area contributed by atoms with Gasteiger partial charge in [0.15, 0.2) is 0 Å². The molecule has 1 aliphatic carbocycles. The number of amides is 3. The van der Waals surface area contributed by atoms with Gasteiger partial charge in [0, 0.05) is 62.1 Å². The summed E-state index contributed by atoms with van der Waals surface area (Å²) in [6, 6.07) is 10.8. The molecule has 1 saturated carbocycles. The molecule has 0 atom stereocenters. The van der Waals surface area contributed by atoms with E-state index in [0.717, 1.165) is 70.4 Å². The standard InChI is InChI=1S/C28H33FN4O3/c29-22-9-7-20(8-10-22)26(34)30-23-11-12-25(24(19-23)28(36)32-13-2-1-3-14-32)31-15-4-16-33(18-17-31)27(35)21-5-6-21/h7-12,19,21H,1-6,13-18H2,(H,30,34). The Morgan fingerprint density at radius 2 is 1.50 bits per heavy atom. The number of nitrogens with zero attached hydrogens (tertiary/aromatic N) is 3. The van der Waals surface area contributed by atoms with Crippen LogP contribution in [0.15, 0.2) is 42.5 Å². The smallest absolute Gasteiger partial charge is 0.256 e. The molecule has 0 radical (unpaired) electrons. The highest BCUT2D eigenvalue weighted by molar-refractivity contribution is 6.06. The van der Waals surface area contributed by atoms with Crippen molar-refractivity contribution in [2.24, 2.45) is 5.92 Å². The number of anilines is 2. The Kier molecular flexibility index (Phi) is 7.20. The second-order valence-electron chi connectivity index (χ2n) is 9.99. The summed E-state index contributed by atoms with van der Waals surface area (Å²) >= 11 is 0. The van der Waals surface area contributed by atoms with Crippen molar-refractivity contribution in [2.45, 2.75) is 38.5 Å². The van der Waals surface area contributed by atoms with E-state index in [2.05, 4.69) is 10.2 Å². The Labute approximate surface area is 211 Å². The lowest BCUT2D eigenvalue weighted by atomic mass is 10.1. The van der Waals surface area contributed by atoms with E-state index >= 15 is 0 Å². The molecule has 36 heavy (non-hydrogen) atoms. The van der Waals surface area contributed by atoms with Crippen LogP contribution in [0.3, 0.4) is 0 Å². The van der Waals surface area contributed by atoms with Crippen molar-refractivity contribution in [1.29, 1.82) is 0 Å². The van der Waals surface area contributed by atoms with E-state index in [-0.39, 0.29) is 23.6 Å². The van der Waals surface area contributed by atoms with E-state index in [1.165, 1.54) is 24.3 Å². The highest BCUT2D eigenvalue weighted by Gasteiger charge is 2.34. The zero-order valence-corrected chi connectivity index (χ0v) is 20.5. The zero-order chi connectivity index (χ0) is 25.1. The first-order chi connectivity index (χ1) is 17.5. The molecule has 3 aliphatic rings. The summed E-state index contributed by atoms with van der Waals surface area (Å²) in [5, 5.41) is 2.86. The van der Waals surface area contributed by atoms with Gasteiger partial charge in [-0.05, 0) is 81.0 Å². The second kappa shape index (κ2) is 10.7. The molecule has 190 valence electrons. The third kappa shape index (κ3) is 5.53. The average molecular weight is 493 g/mol. The molecule has 1 N–H and O–H groups in total. The minimum atomic E-state index is -0.403. The van der Waals surface area contributed by atoms with Crippen LogP contribution in [0.2, 0.25) is 0 Å². The molecule has 7 nitrogen and oxygen atoms in total. The van der Waals surface area contributed by atoms with Crippen LogP contribution < -0.4 is 10.2 Å². The molecule has 3 fully saturated rings. The maximum Gasteiger partial charge on any atom is 0.256 e. The van der Waals surface area contributed by atoms with Crippen molar-refractivity contribution in [3.05, 3.63) is 59.4 Å². The Hall–Kier alpha value is -3.42. The fraction of sp³-hybridized carbons (Fsp3) is 0.464. The highest BCUT2D eigenvalue weighted by atomic mass is 19.1. The van der Waals surface area contributed by atoms with Crippen LogP contribution in [0.1, 0.15) is 59.2 Å². The van der Waals surface area contributed by atoms with Crippen molar-refractivity contribution in [2.75, 3.05) is 49.5 Å². The molecule has 3 amide bonds. The second-order valence-corrected chi connectivity index (χ2v) is 9.99. The number of hydrogen-bond acceptors (Lipinski definition) is 4. The number of likely N-dealkylation sites (tertiary alicyclic amines) is 1. The number of benzene rings is 2. The van der Waals surface area contributed by atoms with Gasteiger partial charge in [-0.3, -0.25) is 14.4 Å². The molecule has 0 unspecified atom stereocenters. The minimum absolute atomic E-state index is 0.0299. The van der Waals surface area contributed by atoms with Gasteiger partial charge in [0.2, 0.25) is 5.91 Å². The predicted molar refractivity (Wildman–Crippen MR) is 137 cm³/mol. The molecule has 5 rings (SSSR count). The van der Waals surface area contributed by atoms with Gasteiger partial charge < -0.3 is 20.0 Å². The van der Waals surface area contributed by atoms with Crippen LogP contribution in [0, 0.1) is 11.7 Å². The molecular formula is C28H33FN4O3. The van der Waals surface area contributed by atoms with Crippen LogP contribution in [0.25, 0.3) is 0 Å². The fourth-order valence-corrected chi connectivity index (χ4v) is 5.10. The summed E-state index contributed by atoms with van der Waals surface area (Å²) in [6.07, 6.45) is 5.95. The summed E-state index contributed by atoms with van der Waals surface area (Å²) < 4.78 is 13.3. The molecular weight excluding hydrogens is 459 g/mol. The monoisotopic (exact) mass is 492 g/mol. The van der Waals surface area contributed by atoms with E-state index in [9.17, 15) is 18.8 Å². The van der Waals surface area contributed by atoms with E-state index < -0.39 is 5.82 Å².